The Hall–Kier alpha value is -6.90. The summed E-state index contributed by atoms with van der Waals surface area (Å²) >= 11 is 0. The van der Waals surface area contributed by atoms with Gasteiger partial charge >= 0.3 is 11.9 Å². The zero-order valence-electron chi connectivity index (χ0n) is 31.0. The van der Waals surface area contributed by atoms with Crippen molar-refractivity contribution < 1.29 is 48.8 Å². The monoisotopic (exact) mass is 810 g/mol. The van der Waals surface area contributed by atoms with Crippen molar-refractivity contribution in [3.05, 3.63) is 161 Å². The van der Waals surface area contributed by atoms with E-state index in [-0.39, 0.29) is 60.4 Å². The molecule has 0 aliphatic carbocycles. The van der Waals surface area contributed by atoms with E-state index < -0.39 is 60.2 Å². The molecule has 5 aromatic carbocycles. The van der Waals surface area contributed by atoms with Crippen LogP contribution >= 0.6 is 12.4 Å². The molecule has 0 fully saturated rings. The predicted molar refractivity (Wildman–Crippen MR) is 214 cm³/mol. The summed E-state index contributed by atoms with van der Waals surface area (Å²) in [6, 6.07) is 29.3. The van der Waals surface area contributed by atoms with Gasteiger partial charge in [-0.3, -0.25) is 19.2 Å². The van der Waals surface area contributed by atoms with Crippen LogP contribution in [0, 0.1) is 0 Å². The third kappa shape index (κ3) is 13.1. The first-order valence-corrected chi connectivity index (χ1v) is 17.9. The van der Waals surface area contributed by atoms with Crippen molar-refractivity contribution in [3.63, 3.8) is 0 Å². The van der Waals surface area contributed by atoms with Crippen LogP contribution < -0.4 is 21.7 Å². The van der Waals surface area contributed by atoms with E-state index in [1.807, 2.05) is 6.07 Å². The number of nitrogens with one attached hydrogen (secondary N) is 3. The van der Waals surface area contributed by atoms with Crippen LogP contribution in [0.25, 0.3) is 0 Å². The van der Waals surface area contributed by atoms with Gasteiger partial charge in [0.05, 0.1) is 6.42 Å². The summed E-state index contributed by atoms with van der Waals surface area (Å²) in [6.07, 6.45) is -0.673. The van der Waals surface area contributed by atoms with Gasteiger partial charge in [-0.2, -0.15) is 0 Å². The summed E-state index contributed by atoms with van der Waals surface area (Å²) in [7, 11) is 0. The van der Waals surface area contributed by atoms with Crippen LogP contribution in [0.1, 0.15) is 46.3 Å². The third-order valence-corrected chi connectivity index (χ3v) is 8.70. The minimum atomic E-state index is -1.52. The molecule has 0 saturated carbocycles. The summed E-state index contributed by atoms with van der Waals surface area (Å²) in [5.41, 5.74) is 8.41. The second-order valence-corrected chi connectivity index (χ2v) is 13.0. The Kier molecular flexibility index (Phi) is 16.2. The molecule has 0 heterocycles. The Morgan fingerprint density at radius 3 is 1.59 bits per heavy atom. The molecular formula is C43H43ClN4O10. The second-order valence-electron chi connectivity index (χ2n) is 13.0. The molecule has 0 spiro atoms. The van der Waals surface area contributed by atoms with Crippen molar-refractivity contribution in [2.24, 2.45) is 5.73 Å². The fraction of sp³-hybridized carbons (Fsp3) is 0.186. The molecule has 0 aliphatic heterocycles. The first-order valence-electron chi connectivity index (χ1n) is 17.9. The molecule has 0 aliphatic rings. The lowest BCUT2D eigenvalue weighted by Crippen LogP contribution is -2.55. The maximum absolute atomic E-state index is 14.2. The molecule has 3 amide bonds. The van der Waals surface area contributed by atoms with E-state index in [9.17, 15) is 39.3 Å². The van der Waals surface area contributed by atoms with Crippen molar-refractivity contribution in [2.45, 2.75) is 50.2 Å². The number of benzene rings is 5. The topological polar surface area (TPSA) is 227 Å². The number of hydrogen-bond acceptors (Lipinski definition) is 11. The van der Waals surface area contributed by atoms with Crippen LogP contribution in [-0.4, -0.2) is 57.1 Å². The van der Waals surface area contributed by atoms with E-state index in [0.717, 1.165) is 6.07 Å². The van der Waals surface area contributed by atoms with Crippen LogP contribution in [0.2, 0.25) is 0 Å². The quantitative estimate of drug-likeness (QED) is 0.0660. The number of phenols is 3. The van der Waals surface area contributed by atoms with Gasteiger partial charge < -0.3 is 46.5 Å². The second kappa shape index (κ2) is 21.4. The van der Waals surface area contributed by atoms with Gasteiger partial charge in [0.2, 0.25) is 17.7 Å². The van der Waals surface area contributed by atoms with Gasteiger partial charge in [0.15, 0.2) is 0 Å². The zero-order valence-corrected chi connectivity index (χ0v) is 31.8. The van der Waals surface area contributed by atoms with Gasteiger partial charge in [-0.15, -0.1) is 12.4 Å². The SMILES string of the molecule is Cl.N[C@@H](C(=O)N[C@H](C(=O)N[C@@H](Cc1ccccc1)C(=O)N[C@@H](CC(=O)OCc1ccccc1)C(=O)OCc1ccccc1)c1ccc(O)cc1)c1cc(O)cc(O)c1. The number of aromatic hydroxyl groups is 3. The van der Waals surface area contributed by atoms with Crippen LogP contribution in [0.15, 0.2) is 133 Å². The summed E-state index contributed by atoms with van der Waals surface area (Å²) in [5, 5.41) is 37.6. The molecule has 15 heteroatoms. The number of hydrogen-bond donors (Lipinski definition) is 7. The Morgan fingerprint density at radius 2 is 1.03 bits per heavy atom. The summed E-state index contributed by atoms with van der Waals surface area (Å²) in [5.74, 6) is -5.14. The number of halogens is 1. The molecule has 5 rings (SSSR count). The number of carbonyl (C=O) groups excluding carboxylic acids is 5. The fourth-order valence-corrected chi connectivity index (χ4v) is 5.72. The molecule has 14 nitrogen and oxygen atoms in total. The lowest BCUT2D eigenvalue weighted by atomic mass is 10.0. The Balaban J connectivity index is 0.00000744. The van der Waals surface area contributed by atoms with Crippen LogP contribution in [0.5, 0.6) is 17.2 Å². The first-order chi connectivity index (χ1) is 27.4. The number of carbonyl (C=O) groups is 5. The average Bonchev–Trinajstić information content (AvgIpc) is 3.21. The molecule has 302 valence electrons. The van der Waals surface area contributed by atoms with E-state index in [0.29, 0.717) is 16.7 Å². The molecule has 0 radical (unpaired) electrons. The highest BCUT2D eigenvalue weighted by Crippen LogP contribution is 2.25. The van der Waals surface area contributed by atoms with Crippen molar-refractivity contribution >= 4 is 42.1 Å². The maximum Gasteiger partial charge on any atom is 0.329 e. The molecule has 5 aromatic rings. The van der Waals surface area contributed by atoms with Crippen LogP contribution in [0.3, 0.4) is 0 Å². The lowest BCUT2D eigenvalue weighted by molar-refractivity contribution is -0.155. The average molecular weight is 811 g/mol. The van der Waals surface area contributed by atoms with Gasteiger partial charge in [-0.25, -0.2) is 4.79 Å². The molecule has 0 unspecified atom stereocenters. The Labute approximate surface area is 340 Å². The van der Waals surface area contributed by atoms with Gasteiger partial charge in [-0.05, 0) is 52.1 Å². The van der Waals surface area contributed by atoms with Crippen molar-refractivity contribution in [1.82, 2.24) is 16.0 Å². The van der Waals surface area contributed by atoms with Gasteiger partial charge in [-0.1, -0.05) is 103 Å². The number of rotatable bonds is 17. The number of nitrogens with two attached hydrogens (primary N) is 1. The van der Waals surface area contributed by atoms with E-state index in [4.69, 9.17) is 15.2 Å². The van der Waals surface area contributed by atoms with E-state index in [2.05, 4.69) is 16.0 Å². The number of amides is 3. The first kappa shape index (κ1) is 43.8. The molecule has 58 heavy (non-hydrogen) atoms. The smallest absolute Gasteiger partial charge is 0.329 e. The minimum Gasteiger partial charge on any atom is -0.508 e. The van der Waals surface area contributed by atoms with Gasteiger partial charge in [0.25, 0.3) is 0 Å². The highest BCUT2D eigenvalue weighted by molar-refractivity contribution is 5.95. The summed E-state index contributed by atoms with van der Waals surface area (Å²) in [4.78, 5) is 68.3. The molecular weight excluding hydrogens is 768 g/mol. The van der Waals surface area contributed by atoms with Crippen molar-refractivity contribution in [2.75, 3.05) is 0 Å². The largest absolute Gasteiger partial charge is 0.508 e. The zero-order chi connectivity index (χ0) is 40.7. The standard InChI is InChI=1S/C43H42N4O10.ClH/c44-38(31-21-33(49)23-34(50)22-31)41(53)47-39(30-16-18-32(48)19-17-30)42(54)45-35(20-27-10-4-1-5-11-27)40(52)46-36(43(55)57-26-29-14-8-3-9-15-29)24-37(51)56-25-28-12-6-2-7-13-28;/h1-19,21-23,35-36,38-39,48-50H,20,24-26,44H2,(H,45,54)(H,46,52)(H,47,53);1H/t35-,36-,38+,39-;/m0./s1. The van der Waals surface area contributed by atoms with Crippen LogP contribution in [0.4, 0.5) is 0 Å². The third-order valence-electron chi connectivity index (χ3n) is 8.70. The molecule has 8 N–H and O–H groups in total. The Morgan fingerprint density at radius 1 is 0.534 bits per heavy atom. The van der Waals surface area contributed by atoms with Gasteiger partial charge in [0.1, 0.15) is 54.6 Å². The molecule has 0 bridgehead atoms. The van der Waals surface area contributed by atoms with E-state index >= 15 is 0 Å². The number of esters is 2. The Bertz CT molecular complexity index is 2120. The highest BCUT2D eigenvalue weighted by Gasteiger charge is 2.33. The predicted octanol–water partition coefficient (Wildman–Crippen LogP) is 4.17. The highest BCUT2D eigenvalue weighted by atomic mass is 35.5. The fourth-order valence-electron chi connectivity index (χ4n) is 5.72. The minimum absolute atomic E-state index is 0. The van der Waals surface area contributed by atoms with E-state index in [1.165, 1.54) is 36.4 Å². The summed E-state index contributed by atoms with van der Waals surface area (Å²) < 4.78 is 10.9. The van der Waals surface area contributed by atoms with Gasteiger partial charge in [0, 0.05) is 12.5 Å². The number of ether oxygens (including phenoxy) is 2. The number of phenolic OH excluding ortho intramolecular Hbond substituents is 3. The molecule has 4 atom stereocenters. The van der Waals surface area contributed by atoms with Crippen molar-refractivity contribution in [1.29, 1.82) is 0 Å². The summed E-state index contributed by atoms with van der Waals surface area (Å²) in [6.45, 7) is -0.222. The molecule has 0 aromatic heterocycles. The van der Waals surface area contributed by atoms with Crippen molar-refractivity contribution in [3.8, 4) is 17.2 Å². The van der Waals surface area contributed by atoms with E-state index in [1.54, 1.807) is 84.9 Å². The maximum atomic E-state index is 14.2. The lowest BCUT2D eigenvalue weighted by Gasteiger charge is -2.26. The van der Waals surface area contributed by atoms with Crippen LogP contribution in [-0.2, 0) is 53.1 Å². The molecule has 0 saturated heterocycles. The normalized spacial score (nSPS) is 12.6.